The fourth-order valence-electron chi connectivity index (χ4n) is 6.62. The Morgan fingerprint density at radius 1 is 0.895 bits per heavy atom. The van der Waals surface area contributed by atoms with Gasteiger partial charge in [-0.3, -0.25) is 0 Å². The predicted octanol–water partition coefficient (Wildman–Crippen LogP) is 7.84. The summed E-state index contributed by atoms with van der Waals surface area (Å²) in [6.07, 6.45) is 19.2. The van der Waals surface area contributed by atoms with Crippen molar-refractivity contribution in [1.29, 1.82) is 0 Å². The molecule has 5 rings (SSSR count). The maximum Gasteiger partial charge on any atom is 0.338 e. The summed E-state index contributed by atoms with van der Waals surface area (Å²) in [5, 5.41) is 0. The zero-order chi connectivity index (χ0) is 26.3. The smallest absolute Gasteiger partial charge is 0.338 e. The topological polar surface area (TPSA) is 44.8 Å². The Bertz CT molecular complexity index is 1100. The second-order valence-electron chi connectivity index (χ2n) is 11.6. The van der Waals surface area contributed by atoms with Crippen LogP contribution in [0.4, 0.5) is 0 Å². The molecule has 0 N–H and O–H groups in total. The second kappa shape index (κ2) is 12.0. The Kier molecular flexibility index (Phi) is 8.50. The van der Waals surface area contributed by atoms with Crippen LogP contribution in [0.2, 0.25) is 0 Å². The Balaban J connectivity index is 1.32. The molecule has 2 unspecified atom stereocenters. The molecule has 0 radical (unpaired) electrons. The minimum atomic E-state index is -0.499. The summed E-state index contributed by atoms with van der Waals surface area (Å²) in [7, 11) is 0. The second-order valence-corrected chi connectivity index (χ2v) is 11.6. The summed E-state index contributed by atoms with van der Waals surface area (Å²) in [5.74, 6) is -0.744. The number of ether oxygens (including phenoxy) is 3. The Morgan fingerprint density at radius 3 is 2.26 bits per heavy atom. The van der Waals surface area contributed by atoms with Crippen molar-refractivity contribution >= 4 is 5.97 Å². The van der Waals surface area contributed by atoms with Crippen LogP contribution in [-0.4, -0.2) is 31.1 Å². The summed E-state index contributed by atoms with van der Waals surface area (Å²) in [5.41, 5.74) is 1.81. The first-order chi connectivity index (χ1) is 18.5. The number of rotatable bonds is 10. The molecule has 2 atom stereocenters. The van der Waals surface area contributed by atoms with Gasteiger partial charge in [0, 0.05) is 17.3 Å². The zero-order valence-corrected chi connectivity index (χ0v) is 22.8. The van der Waals surface area contributed by atoms with Crippen LogP contribution in [0.5, 0.6) is 0 Å². The van der Waals surface area contributed by atoms with E-state index in [1.54, 1.807) is 0 Å². The Morgan fingerprint density at radius 2 is 1.58 bits per heavy atom. The van der Waals surface area contributed by atoms with Crippen LogP contribution in [-0.2, 0) is 20.6 Å². The number of hydrogen-bond acceptors (Lipinski definition) is 4. The van der Waals surface area contributed by atoms with Gasteiger partial charge in [0.05, 0.1) is 18.8 Å². The summed E-state index contributed by atoms with van der Waals surface area (Å²) in [6.45, 7) is 3.59. The molecule has 2 saturated carbocycles. The van der Waals surface area contributed by atoms with E-state index in [0.717, 1.165) is 51.4 Å². The molecule has 0 bridgehead atoms. The van der Waals surface area contributed by atoms with Crippen molar-refractivity contribution < 1.29 is 19.0 Å². The summed E-state index contributed by atoms with van der Waals surface area (Å²) in [4.78, 5) is 13.1. The molecule has 4 nitrogen and oxygen atoms in total. The van der Waals surface area contributed by atoms with Crippen molar-refractivity contribution in [3.05, 3.63) is 96.1 Å². The van der Waals surface area contributed by atoms with Gasteiger partial charge < -0.3 is 14.2 Å². The number of carbonyl (C=O) groups is 1. The van der Waals surface area contributed by atoms with Crippen LogP contribution in [0, 0.1) is 10.8 Å². The first kappa shape index (κ1) is 26.9. The first-order valence-electron chi connectivity index (χ1n) is 14.5. The minimum Gasteiger partial charge on any atom is -0.454 e. The van der Waals surface area contributed by atoms with Gasteiger partial charge in [-0.05, 0) is 68.7 Å². The lowest BCUT2D eigenvalue weighted by atomic mass is 9.62. The molecule has 3 aliphatic rings. The van der Waals surface area contributed by atoms with Crippen molar-refractivity contribution in [1.82, 2.24) is 0 Å². The fraction of sp³-hybridized carbons (Fsp3) is 0.500. The number of aryl methyl sites for hydroxylation is 1. The molecule has 1 aliphatic heterocycles. The first-order valence-corrected chi connectivity index (χ1v) is 14.5. The molecule has 38 heavy (non-hydrogen) atoms. The largest absolute Gasteiger partial charge is 0.454 e. The molecule has 1 heterocycles. The Hall–Kier alpha value is -2.69. The van der Waals surface area contributed by atoms with E-state index in [9.17, 15) is 4.79 Å². The van der Waals surface area contributed by atoms with Crippen molar-refractivity contribution in [2.24, 2.45) is 10.8 Å². The third-order valence-electron chi connectivity index (χ3n) is 9.12. The molecule has 202 valence electrons. The highest BCUT2D eigenvalue weighted by Crippen LogP contribution is 2.51. The van der Waals surface area contributed by atoms with Gasteiger partial charge in [0.15, 0.2) is 5.79 Å². The molecular formula is C34H42O4. The average Bonchev–Trinajstić information content (AvgIpc) is 3.41. The summed E-state index contributed by atoms with van der Waals surface area (Å²) in [6, 6.07) is 20.0. The standard InChI is InChI=1S/C34H42O4/c1-32(21-10-11-25-34(32)36-26-27-37-34)20-9-8-19-30(38-31(35)29-17-6-3-7-18-29)33(23-13-24-33)22-12-16-28-14-4-2-5-15-28/h2-9,14-15,17-20,30H,10-13,16,21-27H2,1H3/b19-8+,20-9+. The number of benzene rings is 2. The van der Waals surface area contributed by atoms with Crippen molar-refractivity contribution in [3.8, 4) is 0 Å². The van der Waals surface area contributed by atoms with E-state index in [0.29, 0.717) is 18.8 Å². The van der Waals surface area contributed by atoms with Crippen molar-refractivity contribution in [2.75, 3.05) is 13.2 Å². The van der Waals surface area contributed by atoms with Crippen LogP contribution in [0.25, 0.3) is 0 Å². The van der Waals surface area contributed by atoms with E-state index in [4.69, 9.17) is 14.2 Å². The van der Waals surface area contributed by atoms with Crippen LogP contribution in [0.3, 0.4) is 0 Å². The monoisotopic (exact) mass is 514 g/mol. The molecule has 0 amide bonds. The van der Waals surface area contributed by atoms with Crippen LogP contribution >= 0.6 is 0 Å². The number of allylic oxidation sites excluding steroid dienone is 2. The predicted molar refractivity (Wildman–Crippen MR) is 151 cm³/mol. The molecule has 1 spiro atoms. The molecule has 0 aromatic heterocycles. The highest BCUT2D eigenvalue weighted by Gasteiger charge is 2.52. The maximum absolute atomic E-state index is 13.1. The van der Waals surface area contributed by atoms with Gasteiger partial charge in [0.25, 0.3) is 0 Å². The number of esters is 1. The van der Waals surface area contributed by atoms with Crippen molar-refractivity contribution in [3.63, 3.8) is 0 Å². The molecule has 2 aromatic carbocycles. The molecular weight excluding hydrogens is 472 g/mol. The van der Waals surface area contributed by atoms with Crippen LogP contribution < -0.4 is 0 Å². The van der Waals surface area contributed by atoms with Crippen LogP contribution in [0.15, 0.2) is 85.0 Å². The lowest BCUT2D eigenvalue weighted by Gasteiger charge is -2.46. The van der Waals surface area contributed by atoms with Crippen LogP contribution in [0.1, 0.15) is 80.6 Å². The molecule has 1 saturated heterocycles. The van der Waals surface area contributed by atoms with E-state index in [2.05, 4.69) is 61.6 Å². The lowest BCUT2D eigenvalue weighted by molar-refractivity contribution is -0.235. The van der Waals surface area contributed by atoms with E-state index < -0.39 is 5.79 Å². The van der Waals surface area contributed by atoms with E-state index >= 15 is 0 Å². The average molecular weight is 515 g/mol. The molecule has 2 aliphatic carbocycles. The van der Waals surface area contributed by atoms with Gasteiger partial charge in [0.2, 0.25) is 0 Å². The minimum absolute atomic E-state index is 0.00278. The SMILES string of the molecule is CC1(/C=C/C=C/C(OC(=O)c2ccccc2)C2(CCCc3ccccc3)CCC2)CCCCC12OCCO2. The fourth-order valence-corrected chi connectivity index (χ4v) is 6.62. The highest BCUT2D eigenvalue weighted by molar-refractivity contribution is 5.89. The number of hydrogen-bond donors (Lipinski definition) is 0. The molecule has 3 fully saturated rings. The third kappa shape index (κ3) is 5.82. The highest BCUT2D eigenvalue weighted by atomic mass is 16.7. The lowest BCUT2D eigenvalue weighted by Crippen LogP contribution is -2.48. The normalized spacial score (nSPS) is 25.0. The zero-order valence-electron chi connectivity index (χ0n) is 22.8. The van der Waals surface area contributed by atoms with E-state index in [-0.39, 0.29) is 22.9 Å². The van der Waals surface area contributed by atoms with E-state index in [1.165, 1.54) is 18.4 Å². The van der Waals surface area contributed by atoms with Gasteiger partial charge in [-0.15, -0.1) is 0 Å². The third-order valence-corrected chi connectivity index (χ3v) is 9.12. The molecule has 2 aromatic rings. The van der Waals surface area contributed by atoms with Gasteiger partial charge in [-0.25, -0.2) is 4.79 Å². The van der Waals surface area contributed by atoms with E-state index in [1.807, 2.05) is 30.3 Å². The summed E-state index contributed by atoms with van der Waals surface area (Å²) < 4.78 is 18.6. The van der Waals surface area contributed by atoms with Gasteiger partial charge in [0.1, 0.15) is 6.10 Å². The van der Waals surface area contributed by atoms with Gasteiger partial charge in [-0.1, -0.05) is 86.5 Å². The Labute approximate surface area is 228 Å². The quantitative estimate of drug-likeness (QED) is 0.239. The van der Waals surface area contributed by atoms with Crippen molar-refractivity contribution in [2.45, 2.75) is 83.0 Å². The van der Waals surface area contributed by atoms with Gasteiger partial charge in [-0.2, -0.15) is 0 Å². The number of carbonyl (C=O) groups excluding carboxylic acids is 1. The summed E-state index contributed by atoms with van der Waals surface area (Å²) >= 11 is 0. The molecule has 4 heteroatoms. The maximum atomic E-state index is 13.1. The van der Waals surface area contributed by atoms with Gasteiger partial charge >= 0.3 is 5.97 Å².